The molecule has 1 aliphatic rings. The minimum atomic E-state index is -0.441. The summed E-state index contributed by atoms with van der Waals surface area (Å²) in [6, 6.07) is 14.8. The van der Waals surface area contributed by atoms with Crippen LogP contribution in [0.2, 0.25) is 0 Å². The Morgan fingerprint density at radius 2 is 1.78 bits per heavy atom. The number of benzene rings is 2. The summed E-state index contributed by atoms with van der Waals surface area (Å²) >= 11 is 3.41. The summed E-state index contributed by atoms with van der Waals surface area (Å²) < 4.78 is 0.996. The molecule has 0 atom stereocenters. The molecule has 4 nitrogen and oxygen atoms in total. The van der Waals surface area contributed by atoms with Gasteiger partial charge < -0.3 is 10.6 Å². The van der Waals surface area contributed by atoms with Gasteiger partial charge in [-0.25, -0.2) is 0 Å². The van der Waals surface area contributed by atoms with Gasteiger partial charge in [0.2, 0.25) is 5.91 Å². The fourth-order valence-corrected chi connectivity index (χ4v) is 2.94. The number of rotatable bonds is 4. The van der Waals surface area contributed by atoms with Crippen molar-refractivity contribution in [3.63, 3.8) is 0 Å². The van der Waals surface area contributed by atoms with Crippen LogP contribution in [-0.4, -0.2) is 18.9 Å². The third-order valence-corrected chi connectivity index (χ3v) is 4.72. The smallest absolute Gasteiger partial charge is 0.251 e. The van der Waals surface area contributed by atoms with E-state index in [4.69, 9.17) is 0 Å². The molecule has 0 unspecified atom stereocenters. The number of amides is 2. The van der Waals surface area contributed by atoms with E-state index < -0.39 is 5.41 Å². The van der Waals surface area contributed by atoms with Crippen molar-refractivity contribution in [2.24, 2.45) is 0 Å². The van der Waals surface area contributed by atoms with Gasteiger partial charge in [-0.05, 0) is 48.7 Å². The van der Waals surface area contributed by atoms with E-state index >= 15 is 0 Å². The molecule has 0 aromatic heterocycles. The summed E-state index contributed by atoms with van der Waals surface area (Å²) in [6.07, 6.45) is 1.69. The third kappa shape index (κ3) is 3.15. The van der Waals surface area contributed by atoms with E-state index in [1.165, 1.54) is 0 Å². The highest BCUT2D eigenvalue weighted by Crippen LogP contribution is 2.49. The first kappa shape index (κ1) is 15.7. The molecule has 1 saturated carbocycles. The zero-order chi connectivity index (χ0) is 16.4. The molecule has 1 fully saturated rings. The second-order valence-electron chi connectivity index (χ2n) is 5.70. The van der Waals surface area contributed by atoms with Crippen LogP contribution in [0.25, 0.3) is 0 Å². The van der Waals surface area contributed by atoms with Gasteiger partial charge in [-0.3, -0.25) is 9.59 Å². The predicted molar refractivity (Wildman–Crippen MR) is 93.5 cm³/mol. The molecule has 5 heteroatoms. The molecule has 118 valence electrons. The SMILES string of the molecule is CNC(=O)c1cccc(NC(=O)C2(c3ccc(Br)cc3)CC2)c1. The number of carbonyl (C=O) groups excluding carboxylic acids is 2. The van der Waals surface area contributed by atoms with Crippen molar-refractivity contribution in [1.29, 1.82) is 0 Å². The predicted octanol–water partition coefficient (Wildman–Crippen LogP) is 3.48. The van der Waals surface area contributed by atoms with Crippen molar-refractivity contribution in [3.8, 4) is 0 Å². The molecule has 2 amide bonds. The topological polar surface area (TPSA) is 58.2 Å². The van der Waals surface area contributed by atoms with Gasteiger partial charge in [0.25, 0.3) is 5.91 Å². The maximum Gasteiger partial charge on any atom is 0.251 e. The van der Waals surface area contributed by atoms with Crippen molar-refractivity contribution in [2.45, 2.75) is 18.3 Å². The number of nitrogens with one attached hydrogen (secondary N) is 2. The largest absolute Gasteiger partial charge is 0.355 e. The van der Waals surface area contributed by atoms with E-state index in [1.807, 2.05) is 24.3 Å². The molecular weight excluding hydrogens is 356 g/mol. The molecular formula is C18H17BrN2O2. The van der Waals surface area contributed by atoms with E-state index in [0.29, 0.717) is 11.3 Å². The van der Waals surface area contributed by atoms with Crippen LogP contribution < -0.4 is 10.6 Å². The molecule has 23 heavy (non-hydrogen) atoms. The Labute approximate surface area is 143 Å². The van der Waals surface area contributed by atoms with Gasteiger partial charge in [-0.2, -0.15) is 0 Å². The van der Waals surface area contributed by atoms with Crippen molar-refractivity contribution < 1.29 is 9.59 Å². The van der Waals surface area contributed by atoms with Crippen molar-refractivity contribution in [2.75, 3.05) is 12.4 Å². The molecule has 1 aliphatic carbocycles. The molecule has 0 radical (unpaired) electrons. The average Bonchev–Trinajstić information content (AvgIpc) is 3.37. The Hall–Kier alpha value is -2.14. The summed E-state index contributed by atoms with van der Waals surface area (Å²) in [5.74, 6) is -0.191. The molecule has 2 aromatic carbocycles. The van der Waals surface area contributed by atoms with E-state index in [0.717, 1.165) is 22.9 Å². The van der Waals surface area contributed by atoms with Crippen molar-refractivity contribution >= 4 is 33.4 Å². The molecule has 0 heterocycles. The van der Waals surface area contributed by atoms with E-state index in [-0.39, 0.29) is 11.8 Å². The zero-order valence-electron chi connectivity index (χ0n) is 12.7. The molecule has 0 bridgehead atoms. The monoisotopic (exact) mass is 372 g/mol. The first-order chi connectivity index (χ1) is 11.0. The number of carbonyl (C=O) groups is 2. The molecule has 0 aliphatic heterocycles. The Morgan fingerprint density at radius 3 is 2.39 bits per heavy atom. The van der Waals surface area contributed by atoms with Crippen LogP contribution in [0, 0.1) is 0 Å². The standard InChI is InChI=1S/C18H17BrN2O2/c1-20-16(22)12-3-2-4-15(11-12)21-17(23)18(9-10-18)13-5-7-14(19)8-6-13/h2-8,11H,9-10H2,1H3,(H,20,22)(H,21,23). The van der Waals surface area contributed by atoms with Crippen LogP contribution in [0.4, 0.5) is 5.69 Å². The molecule has 3 rings (SSSR count). The Morgan fingerprint density at radius 1 is 1.09 bits per heavy atom. The Balaban J connectivity index is 1.79. The normalized spacial score (nSPS) is 14.9. The summed E-state index contributed by atoms with van der Waals surface area (Å²) in [6.45, 7) is 0. The number of hydrogen-bond acceptors (Lipinski definition) is 2. The maximum atomic E-state index is 12.7. The lowest BCUT2D eigenvalue weighted by Crippen LogP contribution is -2.28. The van der Waals surface area contributed by atoms with Gasteiger partial charge in [0.05, 0.1) is 5.41 Å². The molecule has 2 N–H and O–H groups in total. The molecule has 0 spiro atoms. The van der Waals surface area contributed by atoms with Gasteiger partial charge in [-0.15, -0.1) is 0 Å². The van der Waals surface area contributed by atoms with Gasteiger partial charge in [-0.1, -0.05) is 34.1 Å². The summed E-state index contributed by atoms with van der Waals surface area (Å²) in [5, 5.41) is 5.53. The van der Waals surface area contributed by atoms with E-state index in [1.54, 1.807) is 31.3 Å². The highest BCUT2D eigenvalue weighted by atomic mass is 79.9. The van der Waals surface area contributed by atoms with Gasteiger partial charge in [0.15, 0.2) is 0 Å². The second kappa shape index (κ2) is 6.16. The first-order valence-electron chi connectivity index (χ1n) is 7.45. The molecule has 0 saturated heterocycles. The van der Waals surface area contributed by atoms with Crippen LogP contribution >= 0.6 is 15.9 Å². The van der Waals surface area contributed by atoms with Crippen molar-refractivity contribution in [3.05, 3.63) is 64.1 Å². The summed E-state index contributed by atoms with van der Waals surface area (Å²) in [5.41, 5.74) is 1.75. The highest BCUT2D eigenvalue weighted by molar-refractivity contribution is 9.10. The third-order valence-electron chi connectivity index (χ3n) is 4.19. The minimum Gasteiger partial charge on any atom is -0.355 e. The van der Waals surface area contributed by atoms with E-state index in [9.17, 15) is 9.59 Å². The van der Waals surface area contributed by atoms with Crippen molar-refractivity contribution in [1.82, 2.24) is 5.32 Å². The lowest BCUT2D eigenvalue weighted by atomic mass is 9.95. The van der Waals surface area contributed by atoms with Gasteiger partial charge in [0.1, 0.15) is 0 Å². The zero-order valence-corrected chi connectivity index (χ0v) is 14.3. The van der Waals surface area contributed by atoms with Crippen LogP contribution in [-0.2, 0) is 10.2 Å². The fraction of sp³-hybridized carbons (Fsp3) is 0.222. The number of hydrogen-bond donors (Lipinski definition) is 2. The van der Waals surface area contributed by atoms with Crippen LogP contribution in [0.3, 0.4) is 0 Å². The van der Waals surface area contributed by atoms with Crippen LogP contribution in [0.5, 0.6) is 0 Å². The fourth-order valence-electron chi connectivity index (χ4n) is 2.67. The van der Waals surface area contributed by atoms with Gasteiger partial charge >= 0.3 is 0 Å². The second-order valence-corrected chi connectivity index (χ2v) is 6.62. The minimum absolute atomic E-state index is 0.0196. The lowest BCUT2D eigenvalue weighted by molar-refractivity contribution is -0.118. The Kier molecular flexibility index (Phi) is 4.22. The maximum absolute atomic E-state index is 12.7. The quantitative estimate of drug-likeness (QED) is 0.862. The molecule has 2 aromatic rings. The first-order valence-corrected chi connectivity index (χ1v) is 8.24. The number of anilines is 1. The van der Waals surface area contributed by atoms with E-state index in [2.05, 4.69) is 26.6 Å². The average molecular weight is 373 g/mol. The Bertz CT molecular complexity index is 752. The summed E-state index contributed by atoms with van der Waals surface area (Å²) in [4.78, 5) is 24.4. The highest BCUT2D eigenvalue weighted by Gasteiger charge is 2.51. The van der Waals surface area contributed by atoms with Crippen LogP contribution in [0.1, 0.15) is 28.8 Å². The summed E-state index contributed by atoms with van der Waals surface area (Å²) in [7, 11) is 1.58. The number of halogens is 1. The van der Waals surface area contributed by atoms with Gasteiger partial charge in [0, 0.05) is 22.8 Å². The lowest BCUT2D eigenvalue weighted by Gasteiger charge is -2.16. The van der Waals surface area contributed by atoms with Crippen LogP contribution in [0.15, 0.2) is 53.0 Å².